The highest BCUT2D eigenvalue weighted by atomic mass is 16.2. The molecular formula is C16H29N3O. The largest absolute Gasteiger partial charge is 0.342 e. The Morgan fingerprint density at radius 2 is 1.75 bits per heavy atom. The minimum atomic E-state index is 0.331. The van der Waals surface area contributed by atoms with Crippen molar-refractivity contribution in [2.24, 2.45) is 17.8 Å². The summed E-state index contributed by atoms with van der Waals surface area (Å²) in [7, 11) is 2.02. The fourth-order valence-corrected chi connectivity index (χ4v) is 4.22. The van der Waals surface area contributed by atoms with Crippen molar-refractivity contribution in [3.63, 3.8) is 0 Å². The molecule has 0 unspecified atom stereocenters. The third-order valence-corrected chi connectivity index (χ3v) is 5.75. The van der Waals surface area contributed by atoms with Crippen molar-refractivity contribution in [2.75, 3.05) is 39.8 Å². The maximum absolute atomic E-state index is 12.5. The van der Waals surface area contributed by atoms with Crippen molar-refractivity contribution < 1.29 is 4.79 Å². The van der Waals surface area contributed by atoms with Gasteiger partial charge in [-0.15, -0.1) is 0 Å². The summed E-state index contributed by atoms with van der Waals surface area (Å²) >= 11 is 0. The molecule has 1 aliphatic carbocycles. The van der Waals surface area contributed by atoms with Crippen LogP contribution in [0.5, 0.6) is 0 Å². The minimum absolute atomic E-state index is 0.331. The van der Waals surface area contributed by atoms with Gasteiger partial charge in [-0.2, -0.15) is 0 Å². The maximum atomic E-state index is 12.5. The van der Waals surface area contributed by atoms with Gasteiger partial charge in [0.2, 0.25) is 5.91 Å². The number of fused-ring (bicyclic) bond motifs is 1. The van der Waals surface area contributed by atoms with E-state index in [1.165, 1.54) is 25.7 Å². The van der Waals surface area contributed by atoms with Crippen LogP contribution in [0.1, 0.15) is 32.6 Å². The maximum Gasteiger partial charge on any atom is 0.236 e. The Bertz CT molecular complexity index is 340. The molecule has 114 valence electrons. The van der Waals surface area contributed by atoms with Crippen molar-refractivity contribution in [3.8, 4) is 0 Å². The molecule has 0 aromatic carbocycles. The number of likely N-dealkylation sites (tertiary alicyclic amines) is 1. The van der Waals surface area contributed by atoms with Gasteiger partial charge in [0.1, 0.15) is 0 Å². The molecule has 20 heavy (non-hydrogen) atoms. The number of carbonyl (C=O) groups is 1. The zero-order chi connectivity index (χ0) is 14.1. The normalized spacial score (nSPS) is 37.9. The Kier molecular flexibility index (Phi) is 4.32. The molecule has 3 fully saturated rings. The first-order chi connectivity index (χ1) is 9.63. The van der Waals surface area contributed by atoms with Crippen LogP contribution in [0.15, 0.2) is 0 Å². The van der Waals surface area contributed by atoms with Crippen LogP contribution in [0.4, 0.5) is 0 Å². The molecule has 1 saturated carbocycles. The molecular weight excluding hydrogens is 250 g/mol. The molecule has 2 heterocycles. The van der Waals surface area contributed by atoms with E-state index >= 15 is 0 Å². The van der Waals surface area contributed by atoms with Gasteiger partial charge in [-0.1, -0.05) is 6.92 Å². The molecule has 0 radical (unpaired) electrons. The Balaban J connectivity index is 1.47. The van der Waals surface area contributed by atoms with Crippen LogP contribution < -0.4 is 5.32 Å². The molecule has 0 aromatic heterocycles. The zero-order valence-electron chi connectivity index (χ0n) is 13.0. The van der Waals surface area contributed by atoms with E-state index < -0.39 is 0 Å². The van der Waals surface area contributed by atoms with E-state index in [0.717, 1.165) is 43.9 Å². The molecule has 1 amide bonds. The Hall–Kier alpha value is -0.610. The van der Waals surface area contributed by atoms with Crippen LogP contribution in [0, 0.1) is 17.8 Å². The highest BCUT2D eigenvalue weighted by Gasteiger charge is 2.37. The predicted molar refractivity (Wildman–Crippen MR) is 80.5 cm³/mol. The molecule has 3 aliphatic rings. The van der Waals surface area contributed by atoms with Crippen LogP contribution >= 0.6 is 0 Å². The molecule has 0 aromatic rings. The van der Waals surface area contributed by atoms with Crippen molar-refractivity contribution >= 4 is 5.91 Å². The van der Waals surface area contributed by atoms with E-state index in [4.69, 9.17) is 0 Å². The lowest BCUT2D eigenvalue weighted by molar-refractivity contribution is -0.133. The molecule has 4 heteroatoms. The number of hydrogen-bond acceptors (Lipinski definition) is 3. The number of amides is 1. The summed E-state index contributed by atoms with van der Waals surface area (Å²) in [6.07, 6.45) is 4.95. The van der Waals surface area contributed by atoms with Crippen molar-refractivity contribution in [1.29, 1.82) is 0 Å². The highest BCUT2D eigenvalue weighted by molar-refractivity contribution is 5.78. The summed E-state index contributed by atoms with van der Waals surface area (Å²) in [5.41, 5.74) is 0. The molecule has 0 bridgehead atoms. The zero-order valence-corrected chi connectivity index (χ0v) is 13.0. The molecule has 2 aliphatic heterocycles. The minimum Gasteiger partial charge on any atom is -0.342 e. The predicted octanol–water partition coefficient (Wildman–Crippen LogP) is 1.17. The highest BCUT2D eigenvalue weighted by Crippen LogP contribution is 2.28. The second-order valence-electron chi connectivity index (χ2n) is 7.29. The van der Waals surface area contributed by atoms with Gasteiger partial charge in [0, 0.05) is 26.2 Å². The van der Waals surface area contributed by atoms with E-state index in [1.54, 1.807) is 0 Å². The lowest BCUT2D eigenvalue weighted by Gasteiger charge is -2.34. The summed E-state index contributed by atoms with van der Waals surface area (Å²) in [5.74, 6) is 2.74. The van der Waals surface area contributed by atoms with E-state index in [9.17, 15) is 4.79 Å². The fourth-order valence-electron chi connectivity index (χ4n) is 4.22. The monoisotopic (exact) mass is 279 g/mol. The number of nitrogens with zero attached hydrogens (tertiary/aromatic N) is 2. The summed E-state index contributed by atoms with van der Waals surface area (Å²) in [4.78, 5) is 16.9. The van der Waals surface area contributed by atoms with Gasteiger partial charge < -0.3 is 10.2 Å². The summed E-state index contributed by atoms with van der Waals surface area (Å²) < 4.78 is 0. The van der Waals surface area contributed by atoms with Crippen molar-refractivity contribution in [2.45, 2.75) is 38.6 Å². The van der Waals surface area contributed by atoms with Crippen LogP contribution in [-0.4, -0.2) is 61.5 Å². The number of likely N-dealkylation sites (N-methyl/N-ethyl adjacent to an activating group) is 1. The van der Waals surface area contributed by atoms with Crippen molar-refractivity contribution in [3.05, 3.63) is 0 Å². The Morgan fingerprint density at radius 1 is 1.15 bits per heavy atom. The summed E-state index contributed by atoms with van der Waals surface area (Å²) in [6.45, 7) is 7.47. The van der Waals surface area contributed by atoms with E-state index in [2.05, 4.69) is 17.1 Å². The van der Waals surface area contributed by atoms with Crippen molar-refractivity contribution in [1.82, 2.24) is 15.1 Å². The average Bonchev–Trinajstić information content (AvgIpc) is 2.99. The second kappa shape index (κ2) is 6.02. The standard InChI is InChI=1S/C16H29N3O/c1-12-3-5-15(6-4-12)18(2)16(20)11-19-9-13-7-17-8-14(13)10-19/h12-15,17H,3-11H2,1-2H3/t12?,13-,14+,15?. The summed E-state index contributed by atoms with van der Waals surface area (Å²) in [5, 5.41) is 3.45. The fraction of sp³-hybridized carbons (Fsp3) is 0.938. The quantitative estimate of drug-likeness (QED) is 0.842. The smallest absolute Gasteiger partial charge is 0.236 e. The van der Waals surface area contributed by atoms with Gasteiger partial charge in [-0.05, 0) is 56.5 Å². The van der Waals surface area contributed by atoms with Gasteiger partial charge in [-0.3, -0.25) is 9.69 Å². The van der Waals surface area contributed by atoms with Crippen LogP contribution in [0.3, 0.4) is 0 Å². The van der Waals surface area contributed by atoms with E-state index in [1.807, 2.05) is 11.9 Å². The molecule has 2 atom stereocenters. The van der Waals surface area contributed by atoms with E-state index in [0.29, 0.717) is 18.5 Å². The molecule has 4 nitrogen and oxygen atoms in total. The van der Waals surface area contributed by atoms with Crippen LogP contribution in [-0.2, 0) is 4.79 Å². The SMILES string of the molecule is CC1CCC(N(C)C(=O)CN2C[C@H]3CNC[C@H]3C2)CC1. The Morgan fingerprint density at radius 3 is 2.35 bits per heavy atom. The first-order valence-corrected chi connectivity index (χ1v) is 8.32. The van der Waals surface area contributed by atoms with E-state index in [-0.39, 0.29) is 0 Å². The second-order valence-corrected chi connectivity index (χ2v) is 7.29. The third kappa shape index (κ3) is 3.01. The summed E-state index contributed by atoms with van der Waals surface area (Å²) in [6, 6.07) is 0.488. The topological polar surface area (TPSA) is 35.6 Å². The number of nitrogens with one attached hydrogen (secondary N) is 1. The third-order valence-electron chi connectivity index (χ3n) is 5.75. The van der Waals surface area contributed by atoms with Gasteiger partial charge in [0.15, 0.2) is 0 Å². The number of carbonyl (C=O) groups excluding carboxylic acids is 1. The molecule has 1 N–H and O–H groups in total. The first kappa shape index (κ1) is 14.3. The van der Waals surface area contributed by atoms with Gasteiger partial charge >= 0.3 is 0 Å². The molecule has 2 saturated heterocycles. The number of rotatable bonds is 3. The lowest BCUT2D eigenvalue weighted by atomic mass is 9.87. The lowest BCUT2D eigenvalue weighted by Crippen LogP contribution is -2.44. The first-order valence-electron chi connectivity index (χ1n) is 8.32. The van der Waals surface area contributed by atoms with Gasteiger partial charge in [-0.25, -0.2) is 0 Å². The number of hydrogen-bond donors (Lipinski definition) is 1. The van der Waals surface area contributed by atoms with Gasteiger partial charge in [0.25, 0.3) is 0 Å². The average molecular weight is 279 g/mol. The van der Waals surface area contributed by atoms with Crippen LogP contribution in [0.2, 0.25) is 0 Å². The van der Waals surface area contributed by atoms with Crippen LogP contribution in [0.25, 0.3) is 0 Å². The van der Waals surface area contributed by atoms with Gasteiger partial charge in [0.05, 0.1) is 6.54 Å². The Labute approximate surface area is 122 Å². The molecule has 0 spiro atoms. The molecule has 3 rings (SSSR count).